The quantitative estimate of drug-likeness (QED) is 0.570. The number of anilines is 1. The van der Waals surface area contributed by atoms with E-state index in [0.717, 1.165) is 11.8 Å². The van der Waals surface area contributed by atoms with E-state index < -0.39 is 0 Å². The highest BCUT2D eigenvalue weighted by Gasteiger charge is 2.11. The minimum absolute atomic E-state index is 0.116. The van der Waals surface area contributed by atoms with Gasteiger partial charge in [-0.1, -0.05) is 47.1 Å². The van der Waals surface area contributed by atoms with Crippen molar-refractivity contribution in [3.8, 4) is 5.75 Å². The molecule has 2 aromatic carbocycles. The van der Waals surface area contributed by atoms with E-state index in [2.05, 4.69) is 15.5 Å². The van der Waals surface area contributed by atoms with Crippen LogP contribution in [0.4, 0.5) is 5.69 Å². The highest BCUT2D eigenvalue weighted by molar-refractivity contribution is 7.99. The maximum Gasteiger partial charge on any atom is 0.277 e. The molecular weight excluding hydrogens is 397 g/mol. The van der Waals surface area contributed by atoms with Gasteiger partial charge in [0.1, 0.15) is 5.75 Å². The van der Waals surface area contributed by atoms with E-state index in [-0.39, 0.29) is 23.5 Å². The van der Waals surface area contributed by atoms with Gasteiger partial charge in [-0.3, -0.25) is 4.79 Å². The predicted octanol–water partition coefficient (Wildman–Crippen LogP) is 4.69. The molecule has 1 heterocycles. The fourth-order valence-corrected chi connectivity index (χ4v) is 2.80. The molecule has 0 saturated carbocycles. The summed E-state index contributed by atoms with van der Waals surface area (Å²) in [6.45, 7) is 0.126. The van der Waals surface area contributed by atoms with Crippen LogP contribution in [-0.2, 0) is 11.4 Å². The summed E-state index contributed by atoms with van der Waals surface area (Å²) >= 11 is 12.9. The van der Waals surface area contributed by atoms with E-state index in [1.807, 2.05) is 0 Å². The van der Waals surface area contributed by atoms with Crippen LogP contribution in [0.2, 0.25) is 10.0 Å². The molecule has 0 aliphatic carbocycles. The molecule has 1 aromatic heterocycles. The van der Waals surface area contributed by atoms with E-state index in [1.54, 1.807) is 48.5 Å². The summed E-state index contributed by atoms with van der Waals surface area (Å²) in [6, 6.07) is 13.9. The van der Waals surface area contributed by atoms with Gasteiger partial charge in [0.2, 0.25) is 5.91 Å². The van der Waals surface area contributed by atoms with Crippen molar-refractivity contribution >= 4 is 46.6 Å². The normalized spacial score (nSPS) is 10.5. The number of aromatic nitrogens is 2. The lowest BCUT2D eigenvalue weighted by molar-refractivity contribution is -0.113. The van der Waals surface area contributed by atoms with Crippen LogP contribution in [0, 0.1) is 0 Å². The average molecular weight is 410 g/mol. The largest absolute Gasteiger partial charge is 0.484 e. The van der Waals surface area contributed by atoms with Crippen LogP contribution in [-0.4, -0.2) is 21.9 Å². The van der Waals surface area contributed by atoms with Crippen molar-refractivity contribution in [2.75, 3.05) is 11.1 Å². The van der Waals surface area contributed by atoms with Gasteiger partial charge in [0, 0.05) is 5.02 Å². The second kappa shape index (κ2) is 8.93. The Hall–Kier alpha value is -2.22. The maximum absolute atomic E-state index is 12.0. The second-order valence-electron chi connectivity index (χ2n) is 5.02. The molecule has 3 aromatic rings. The molecule has 0 aliphatic heterocycles. The molecule has 0 spiro atoms. The maximum atomic E-state index is 12.0. The van der Waals surface area contributed by atoms with Crippen LogP contribution in [0.5, 0.6) is 5.75 Å². The van der Waals surface area contributed by atoms with Gasteiger partial charge >= 0.3 is 0 Å². The van der Waals surface area contributed by atoms with Crippen LogP contribution in [0.3, 0.4) is 0 Å². The number of carbonyl (C=O) groups is 1. The number of thioether (sulfide) groups is 1. The highest BCUT2D eigenvalue weighted by Crippen LogP contribution is 2.22. The molecule has 1 amide bonds. The number of hydrogen-bond acceptors (Lipinski definition) is 6. The summed E-state index contributed by atoms with van der Waals surface area (Å²) in [4.78, 5) is 12.0. The summed E-state index contributed by atoms with van der Waals surface area (Å²) in [5.74, 6) is 0.848. The molecule has 134 valence electrons. The van der Waals surface area contributed by atoms with Crippen molar-refractivity contribution in [3.63, 3.8) is 0 Å². The van der Waals surface area contributed by atoms with E-state index in [0.29, 0.717) is 27.4 Å². The molecule has 3 rings (SSSR count). The van der Waals surface area contributed by atoms with Crippen molar-refractivity contribution < 1.29 is 13.9 Å². The SMILES string of the molecule is O=C(CSc1nnc(COc2ccc(Cl)cc2)o1)Nc1ccccc1Cl. The van der Waals surface area contributed by atoms with Gasteiger partial charge in [-0.2, -0.15) is 0 Å². The van der Waals surface area contributed by atoms with Crippen molar-refractivity contribution in [2.45, 2.75) is 11.8 Å². The van der Waals surface area contributed by atoms with Crippen molar-refractivity contribution in [3.05, 3.63) is 64.5 Å². The Morgan fingerprint density at radius 1 is 1.12 bits per heavy atom. The Bertz CT molecular complexity index is 887. The number of hydrogen-bond donors (Lipinski definition) is 1. The molecule has 0 bridgehead atoms. The zero-order chi connectivity index (χ0) is 18.4. The Labute approximate surface area is 163 Å². The number of benzene rings is 2. The first-order valence-corrected chi connectivity index (χ1v) is 9.22. The van der Waals surface area contributed by atoms with E-state index in [1.165, 1.54) is 0 Å². The van der Waals surface area contributed by atoms with Crippen LogP contribution in [0.15, 0.2) is 58.2 Å². The average Bonchev–Trinajstić information content (AvgIpc) is 3.09. The minimum atomic E-state index is -0.222. The van der Waals surface area contributed by atoms with Gasteiger partial charge in [0.15, 0.2) is 6.61 Å². The number of rotatable bonds is 7. The number of halogens is 2. The van der Waals surface area contributed by atoms with Gasteiger partial charge in [0.25, 0.3) is 11.1 Å². The first kappa shape index (κ1) is 18.6. The monoisotopic (exact) mass is 409 g/mol. The van der Waals surface area contributed by atoms with Crippen LogP contribution in [0.1, 0.15) is 5.89 Å². The van der Waals surface area contributed by atoms with Crippen molar-refractivity contribution in [1.82, 2.24) is 10.2 Å². The van der Waals surface area contributed by atoms with Gasteiger partial charge in [-0.15, -0.1) is 10.2 Å². The summed E-state index contributed by atoms with van der Waals surface area (Å²) < 4.78 is 11.0. The lowest BCUT2D eigenvalue weighted by Gasteiger charge is -2.05. The summed E-state index contributed by atoms with van der Waals surface area (Å²) in [5, 5.41) is 11.9. The summed E-state index contributed by atoms with van der Waals surface area (Å²) in [7, 11) is 0. The topological polar surface area (TPSA) is 77.2 Å². The number of ether oxygens (including phenoxy) is 1. The van der Waals surface area contributed by atoms with E-state index in [4.69, 9.17) is 32.4 Å². The fraction of sp³-hybridized carbons (Fsp3) is 0.118. The highest BCUT2D eigenvalue weighted by atomic mass is 35.5. The molecular formula is C17H13Cl2N3O3S. The molecule has 26 heavy (non-hydrogen) atoms. The number of carbonyl (C=O) groups excluding carboxylic acids is 1. The number of para-hydroxylation sites is 1. The molecule has 0 unspecified atom stereocenters. The predicted molar refractivity (Wildman–Crippen MR) is 101 cm³/mol. The molecule has 0 radical (unpaired) electrons. The molecule has 0 fully saturated rings. The Balaban J connectivity index is 1.46. The van der Waals surface area contributed by atoms with Gasteiger partial charge in [-0.05, 0) is 36.4 Å². The third-order valence-electron chi connectivity index (χ3n) is 3.10. The Morgan fingerprint density at radius 3 is 2.65 bits per heavy atom. The standard InChI is InChI=1S/C17H13Cl2N3O3S/c18-11-5-7-12(8-6-11)24-9-16-21-22-17(25-16)26-10-15(23)20-14-4-2-1-3-13(14)19/h1-8H,9-10H2,(H,20,23). The molecule has 0 aliphatic rings. The van der Waals surface area contributed by atoms with Crippen LogP contribution >= 0.6 is 35.0 Å². The zero-order valence-corrected chi connectivity index (χ0v) is 15.6. The third-order valence-corrected chi connectivity index (χ3v) is 4.50. The molecule has 9 heteroatoms. The molecule has 0 atom stereocenters. The Kier molecular flexibility index (Phi) is 6.38. The molecule has 0 saturated heterocycles. The lowest BCUT2D eigenvalue weighted by Crippen LogP contribution is -2.14. The summed E-state index contributed by atoms with van der Waals surface area (Å²) in [5.41, 5.74) is 0.558. The first-order chi connectivity index (χ1) is 12.6. The number of nitrogens with zero attached hydrogens (tertiary/aromatic N) is 2. The number of nitrogens with one attached hydrogen (secondary N) is 1. The molecule has 1 N–H and O–H groups in total. The molecule has 6 nitrogen and oxygen atoms in total. The van der Waals surface area contributed by atoms with E-state index >= 15 is 0 Å². The second-order valence-corrected chi connectivity index (χ2v) is 6.79. The van der Waals surface area contributed by atoms with Gasteiger partial charge in [-0.25, -0.2) is 0 Å². The zero-order valence-electron chi connectivity index (χ0n) is 13.3. The smallest absolute Gasteiger partial charge is 0.277 e. The van der Waals surface area contributed by atoms with E-state index in [9.17, 15) is 4.79 Å². The number of amides is 1. The summed E-state index contributed by atoms with van der Waals surface area (Å²) in [6.07, 6.45) is 0. The first-order valence-electron chi connectivity index (χ1n) is 7.48. The minimum Gasteiger partial charge on any atom is -0.484 e. The van der Waals surface area contributed by atoms with Crippen LogP contribution < -0.4 is 10.1 Å². The fourth-order valence-electron chi connectivity index (χ4n) is 1.91. The lowest BCUT2D eigenvalue weighted by atomic mass is 10.3. The van der Waals surface area contributed by atoms with Crippen LogP contribution in [0.25, 0.3) is 0 Å². The van der Waals surface area contributed by atoms with Gasteiger partial charge in [0.05, 0.1) is 16.5 Å². The Morgan fingerprint density at radius 2 is 1.88 bits per heavy atom. The van der Waals surface area contributed by atoms with Crippen molar-refractivity contribution in [2.24, 2.45) is 0 Å². The third kappa shape index (κ3) is 5.39. The van der Waals surface area contributed by atoms with Crippen molar-refractivity contribution in [1.29, 1.82) is 0 Å². The van der Waals surface area contributed by atoms with Gasteiger partial charge < -0.3 is 14.5 Å².